The van der Waals surface area contributed by atoms with Crippen LogP contribution >= 0.6 is 7.80 Å². The van der Waals surface area contributed by atoms with Crippen LogP contribution in [-0.4, -0.2) is 30.7 Å². The Labute approximate surface area is 204 Å². The first-order valence-corrected chi connectivity index (χ1v) is 13.0. The quantitative estimate of drug-likeness (QED) is 0.311. The molecule has 0 aliphatic heterocycles. The highest BCUT2D eigenvalue weighted by Crippen LogP contribution is 2.55. The van der Waals surface area contributed by atoms with Crippen LogP contribution in [0.25, 0.3) is 0 Å². The van der Waals surface area contributed by atoms with Crippen molar-refractivity contribution in [3.8, 4) is 11.5 Å². The van der Waals surface area contributed by atoms with E-state index in [2.05, 4.69) is 20.8 Å². The maximum Gasteiger partial charge on any atom is 0.243 e. The average Bonchev–Trinajstić information content (AvgIpc) is 3.27. The molecule has 0 saturated heterocycles. The summed E-state index contributed by atoms with van der Waals surface area (Å²) < 4.78 is 25.1. The summed E-state index contributed by atoms with van der Waals surface area (Å²) in [5, 5.41) is -1.26. The standard InChI is InChI=1S/C28H36O5P/c1-17-13-21(32-7)24(22(14-17)33-8)25(29)28(11-9-10-12-28)34(31)26(30)23-18(2)15-20(16-19(23)3)27(4,5)6/h13-16H,9-12H2,1-8H3. The predicted octanol–water partition coefficient (Wildman–Crippen LogP) is 7.09. The van der Waals surface area contributed by atoms with Crippen molar-refractivity contribution in [3.63, 3.8) is 0 Å². The molecule has 0 amide bonds. The number of hydrogen-bond acceptors (Lipinski definition) is 5. The van der Waals surface area contributed by atoms with Crippen molar-refractivity contribution in [3.05, 3.63) is 57.6 Å². The Morgan fingerprint density at radius 3 is 1.74 bits per heavy atom. The summed E-state index contributed by atoms with van der Waals surface area (Å²) in [5.41, 5.74) is 3.83. The maximum atomic E-state index is 14.1. The Morgan fingerprint density at radius 1 is 0.853 bits per heavy atom. The number of methoxy groups -OCH3 is 2. The molecule has 34 heavy (non-hydrogen) atoms. The van der Waals surface area contributed by atoms with E-state index in [1.807, 2.05) is 32.9 Å². The molecule has 3 rings (SSSR count). The van der Waals surface area contributed by atoms with Crippen molar-refractivity contribution in [2.24, 2.45) is 0 Å². The van der Waals surface area contributed by atoms with Crippen LogP contribution in [0.15, 0.2) is 24.3 Å². The van der Waals surface area contributed by atoms with Gasteiger partial charge in [0.15, 0.2) is 13.6 Å². The predicted molar refractivity (Wildman–Crippen MR) is 136 cm³/mol. The van der Waals surface area contributed by atoms with E-state index in [1.165, 1.54) is 14.2 Å². The van der Waals surface area contributed by atoms with Gasteiger partial charge in [-0.05, 0) is 73.4 Å². The van der Waals surface area contributed by atoms with E-state index in [1.54, 1.807) is 12.1 Å². The second-order valence-corrected chi connectivity index (χ2v) is 12.3. The fourth-order valence-electron chi connectivity index (χ4n) is 5.01. The molecule has 1 unspecified atom stereocenters. The van der Waals surface area contributed by atoms with Crippen molar-refractivity contribution in [2.75, 3.05) is 14.2 Å². The summed E-state index contributed by atoms with van der Waals surface area (Å²) >= 11 is 0. The Kier molecular flexibility index (Phi) is 7.38. The molecule has 1 aliphatic rings. The van der Waals surface area contributed by atoms with Crippen LogP contribution in [0, 0.1) is 20.8 Å². The van der Waals surface area contributed by atoms with Gasteiger partial charge in [-0.1, -0.05) is 45.7 Å². The largest absolute Gasteiger partial charge is 0.496 e. The molecule has 0 aromatic heterocycles. The molecule has 1 aliphatic carbocycles. The molecule has 0 N–H and O–H groups in total. The summed E-state index contributed by atoms with van der Waals surface area (Å²) in [6.07, 6.45) is 2.31. The zero-order chi connectivity index (χ0) is 25.4. The number of ether oxygens (including phenoxy) is 2. The molecule has 6 heteroatoms. The monoisotopic (exact) mass is 483 g/mol. The van der Waals surface area contributed by atoms with Crippen LogP contribution in [0.2, 0.25) is 0 Å². The second kappa shape index (κ2) is 9.62. The molecule has 183 valence electrons. The first-order valence-electron chi connectivity index (χ1n) is 11.8. The summed E-state index contributed by atoms with van der Waals surface area (Å²) in [6, 6.07) is 7.54. The minimum atomic E-state index is -2.53. The van der Waals surface area contributed by atoms with Crippen LogP contribution in [0.4, 0.5) is 0 Å². The summed E-state index contributed by atoms with van der Waals surface area (Å²) in [5.74, 6) is 0.437. The van der Waals surface area contributed by atoms with Crippen molar-refractivity contribution in [1.82, 2.24) is 0 Å². The smallest absolute Gasteiger partial charge is 0.243 e. The van der Waals surface area contributed by atoms with Gasteiger partial charge in [0.25, 0.3) is 0 Å². The lowest BCUT2D eigenvalue weighted by molar-refractivity contribution is 0.0925. The third-order valence-corrected chi connectivity index (χ3v) is 8.94. The molecule has 0 bridgehead atoms. The van der Waals surface area contributed by atoms with E-state index < -0.39 is 18.5 Å². The highest BCUT2D eigenvalue weighted by molar-refractivity contribution is 7.67. The fourth-order valence-corrected chi connectivity index (χ4v) is 6.97. The molecule has 0 spiro atoms. The van der Waals surface area contributed by atoms with Crippen LogP contribution < -0.4 is 9.47 Å². The second-order valence-electron chi connectivity index (χ2n) is 10.4. The van der Waals surface area contributed by atoms with Gasteiger partial charge in [-0.3, -0.25) is 14.2 Å². The molecule has 2 aromatic rings. The van der Waals surface area contributed by atoms with Gasteiger partial charge in [0.05, 0.1) is 14.2 Å². The van der Waals surface area contributed by atoms with Gasteiger partial charge in [-0.25, -0.2) is 0 Å². The van der Waals surface area contributed by atoms with Gasteiger partial charge in [0.2, 0.25) is 5.52 Å². The maximum absolute atomic E-state index is 14.1. The van der Waals surface area contributed by atoms with E-state index in [9.17, 15) is 14.2 Å². The van der Waals surface area contributed by atoms with Crippen molar-refractivity contribution in [2.45, 2.75) is 77.8 Å². The van der Waals surface area contributed by atoms with E-state index in [0.29, 0.717) is 29.9 Å². The summed E-state index contributed by atoms with van der Waals surface area (Å²) in [6.45, 7) is 12.0. The van der Waals surface area contributed by atoms with Crippen molar-refractivity contribution < 1.29 is 23.6 Å². The van der Waals surface area contributed by atoms with E-state index in [4.69, 9.17) is 9.47 Å². The number of Topliss-reactive ketones (excluding diaryl/α,β-unsaturated/α-hetero) is 1. The van der Waals surface area contributed by atoms with Gasteiger partial charge >= 0.3 is 0 Å². The first kappa shape index (κ1) is 26.1. The number of rotatable bonds is 7. The Balaban J connectivity index is 2.12. The average molecular weight is 484 g/mol. The van der Waals surface area contributed by atoms with Crippen molar-refractivity contribution in [1.29, 1.82) is 0 Å². The molecule has 0 heterocycles. The topological polar surface area (TPSA) is 69.7 Å². The summed E-state index contributed by atoms with van der Waals surface area (Å²) in [4.78, 5) is 27.8. The molecule has 1 fully saturated rings. The van der Waals surface area contributed by atoms with Crippen molar-refractivity contribution >= 4 is 19.1 Å². The van der Waals surface area contributed by atoms with E-state index >= 15 is 0 Å². The van der Waals surface area contributed by atoms with Gasteiger partial charge in [-0.15, -0.1) is 0 Å². The highest BCUT2D eigenvalue weighted by Gasteiger charge is 2.52. The highest BCUT2D eigenvalue weighted by atomic mass is 31.1. The Morgan fingerprint density at radius 2 is 1.32 bits per heavy atom. The molecule has 2 aromatic carbocycles. The van der Waals surface area contributed by atoms with Crippen LogP contribution in [0.1, 0.15) is 89.4 Å². The van der Waals surface area contributed by atoms with Gasteiger partial charge in [0.1, 0.15) is 22.2 Å². The van der Waals surface area contributed by atoms with Gasteiger partial charge in [0, 0.05) is 5.56 Å². The summed E-state index contributed by atoms with van der Waals surface area (Å²) in [7, 11) is 0.473. The molecule has 1 radical (unpaired) electrons. The number of carbonyl (C=O) groups is 2. The minimum Gasteiger partial charge on any atom is -0.496 e. The zero-order valence-electron chi connectivity index (χ0n) is 21.6. The molecule has 5 nitrogen and oxygen atoms in total. The van der Waals surface area contributed by atoms with Gasteiger partial charge < -0.3 is 9.47 Å². The molecule has 1 atom stereocenters. The molecule has 1 saturated carbocycles. The third kappa shape index (κ3) is 4.55. The number of ketones is 1. The number of benzene rings is 2. The first-order chi connectivity index (χ1) is 15.9. The SMILES string of the molecule is COc1cc(C)cc(OC)c1C(=O)C1([P](=O)C(=O)c2c(C)cc(C(C)(C)C)cc2C)CCCC1. The van der Waals surface area contributed by atoms with Gasteiger partial charge in [-0.2, -0.15) is 0 Å². The van der Waals surface area contributed by atoms with Crippen LogP contribution in [0.3, 0.4) is 0 Å². The normalized spacial score (nSPS) is 15.7. The van der Waals surface area contributed by atoms with Crippen LogP contribution in [0.5, 0.6) is 11.5 Å². The molecular weight excluding hydrogens is 447 g/mol. The van der Waals surface area contributed by atoms with E-state index in [-0.39, 0.29) is 16.8 Å². The number of carbonyl (C=O) groups excluding carboxylic acids is 2. The Hall–Kier alpha value is -2.52. The molecular formula is C28H36O5P. The lowest BCUT2D eigenvalue weighted by Gasteiger charge is -2.28. The number of aryl methyl sites for hydroxylation is 3. The van der Waals surface area contributed by atoms with Crippen LogP contribution in [-0.2, 0) is 9.98 Å². The third-order valence-electron chi connectivity index (χ3n) is 6.92. The van der Waals surface area contributed by atoms with E-state index in [0.717, 1.165) is 35.1 Å². The lowest BCUT2D eigenvalue weighted by Crippen LogP contribution is -2.34. The number of hydrogen-bond donors (Lipinski definition) is 0. The Bertz CT molecular complexity index is 1100. The zero-order valence-corrected chi connectivity index (χ0v) is 22.5. The lowest BCUT2D eigenvalue weighted by atomic mass is 9.84. The fraction of sp³-hybridized carbons (Fsp3) is 0.500. The minimum absolute atomic E-state index is 0.0690.